The average molecular weight is 883 g/mol. The predicted molar refractivity (Wildman–Crippen MR) is 224 cm³/mol. The molecule has 12 nitrogen and oxygen atoms in total. The highest BCUT2D eigenvalue weighted by Gasteiger charge is 2.58. The minimum Gasteiger partial charge on any atom is -0.491 e. The SMILES string of the molecule is CCCN(C)CCNCCOc1ccc2c(c1Cl)c1cc(F)oc1c1sc3ncnc(OC(C(=O)OCC)C4(c5ccccc5OCc5ccnn5CC(F)(F)F)CC4)c3c21. The van der Waals surface area contributed by atoms with Crippen molar-refractivity contribution in [1.29, 1.82) is 0 Å². The van der Waals surface area contributed by atoms with Gasteiger partial charge < -0.3 is 33.6 Å². The van der Waals surface area contributed by atoms with Crippen LogP contribution in [-0.2, 0) is 28.1 Å². The third-order valence-electron chi connectivity index (χ3n) is 10.8. The van der Waals surface area contributed by atoms with E-state index < -0.39 is 36.2 Å². The zero-order chi connectivity index (χ0) is 42.9. The molecule has 1 saturated carbocycles. The van der Waals surface area contributed by atoms with E-state index >= 15 is 4.39 Å². The number of thiophene rings is 1. The van der Waals surface area contributed by atoms with Crippen LogP contribution in [0.15, 0.2) is 65.5 Å². The van der Waals surface area contributed by atoms with Crippen molar-refractivity contribution in [2.75, 3.05) is 46.4 Å². The summed E-state index contributed by atoms with van der Waals surface area (Å²) in [5, 5.41) is 10.1. The molecule has 1 unspecified atom stereocenters. The molecule has 1 fully saturated rings. The van der Waals surface area contributed by atoms with Crippen molar-refractivity contribution < 1.29 is 45.7 Å². The summed E-state index contributed by atoms with van der Waals surface area (Å²) in [6.07, 6.45) is -1.01. The third kappa shape index (κ3) is 8.65. The third-order valence-corrected chi connectivity index (χ3v) is 12.2. The van der Waals surface area contributed by atoms with E-state index in [1.54, 1.807) is 37.3 Å². The van der Waals surface area contributed by atoms with Gasteiger partial charge in [0.05, 0.1) is 27.4 Å². The van der Waals surface area contributed by atoms with Gasteiger partial charge in [-0.15, -0.1) is 11.3 Å². The quantitative estimate of drug-likeness (QED) is 0.0475. The van der Waals surface area contributed by atoms with Crippen molar-refractivity contribution in [3.05, 3.63) is 83.3 Å². The van der Waals surface area contributed by atoms with Crippen molar-refractivity contribution in [3.63, 3.8) is 0 Å². The molecule has 0 saturated heterocycles. The maximum absolute atomic E-state index is 15.0. The van der Waals surface area contributed by atoms with Crippen LogP contribution >= 0.6 is 22.9 Å². The topological polar surface area (TPSA) is 126 Å². The Morgan fingerprint density at radius 3 is 2.62 bits per heavy atom. The number of esters is 1. The zero-order valence-electron chi connectivity index (χ0n) is 33.6. The van der Waals surface area contributed by atoms with Crippen LogP contribution in [0.5, 0.6) is 17.4 Å². The molecule has 322 valence electrons. The summed E-state index contributed by atoms with van der Waals surface area (Å²) in [5.41, 5.74) is 0.145. The minimum atomic E-state index is -4.47. The largest absolute Gasteiger partial charge is 0.491 e. The van der Waals surface area contributed by atoms with Crippen molar-refractivity contribution >= 4 is 71.0 Å². The molecule has 18 heteroatoms. The molecule has 61 heavy (non-hydrogen) atoms. The van der Waals surface area contributed by atoms with Crippen molar-refractivity contribution in [2.45, 2.75) is 64.0 Å². The Balaban J connectivity index is 1.15. The Morgan fingerprint density at radius 1 is 1.03 bits per heavy atom. The van der Waals surface area contributed by atoms with Crippen molar-refractivity contribution in [1.82, 2.24) is 30.0 Å². The molecular formula is C43H43ClF4N6O6S. The van der Waals surface area contributed by atoms with E-state index in [0.717, 1.165) is 30.7 Å². The number of alkyl halides is 3. The molecule has 0 amide bonds. The first kappa shape index (κ1) is 42.5. The summed E-state index contributed by atoms with van der Waals surface area (Å²) < 4.78 is 86.5. The fraction of sp³-hybridized carbons (Fsp3) is 0.395. The molecule has 0 spiro atoms. The van der Waals surface area contributed by atoms with E-state index in [4.69, 9.17) is 35.0 Å². The highest BCUT2D eigenvalue weighted by molar-refractivity contribution is 7.26. The minimum absolute atomic E-state index is 0.0681. The van der Waals surface area contributed by atoms with Gasteiger partial charge in [-0.1, -0.05) is 36.7 Å². The number of halogens is 5. The van der Waals surface area contributed by atoms with E-state index in [1.807, 2.05) is 6.07 Å². The number of para-hydroxylation sites is 1. The number of carbonyl (C=O) groups is 1. The van der Waals surface area contributed by atoms with Crippen LogP contribution in [0.1, 0.15) is 44.4 Å². The van der Waals surface area contributed by atoms with Gasteiger partial charge in [-0.25, -0.2) is 14.8 Å². The Kier molecular flexibility index (Phi) is 12.3. The van der Waals surface area contributed by atoms with E-state index in [-0.39, 0.29) is 35.4 Å². The Morgan fingerprint density at radius 2 is 1.85 bits per heavy atom. The number of hydrogen-bond donors (Lipinski definition) is 1. The van der Waals surface area contributed by atoms with Gasteiger partial charge >= 0.3 is 12.1 Å². The van der Waals surface area contributed by atoms with Crippen molar-refractivity contribution in [3.8, 4) is 17.4 Å². The molecular weight excluding hydrogens is 840 g/mol. The second kappa shape index (κ2) is 17.6. The summed E-state index contributed by atoms with van der Waals surface area (Å²) in [6.45, 7) is 6.09. The average Bonchev–Trinajstić information content (AvgIpc) is 3.50. The highest BCUT2D eigenvalue weighted by atomic mass is 35.5. The first-order valence-corrected chi connectivity index (χ1v) is 21.2. The molecule has 4 aromatic heterocycles. The van der Waals surface area contributed by atoms with E-state index in [0.29, 0.717) is 79.5 Å². The molecule has 0 bridgehead atoms. The number of fused-ring (bicyclic) bond motifs is 8. The first-order valence-electron chi connectivity index (χ1n) is 20.0. The summed E-state index contributed by atoms with van der Waals surface area (Å²) >= 11 is 8.36. The van der Waals surface area contributed by atoms with Gasteiger partial charge in [0, 0.05) is 59.0 Å². The standard InChI is InChI=1S/C43H43ClF4N6O6S/c1-4-18-53(3)19-16-49-17-20-57-30-11-10-26-32(35(30)44)27-21-31(45)59-36(27)37-33(26)34-39(50-24-51-40(34)61-37)60-38(41(55)56-5-2)42(13-14-42)28-8-6-7-9-29(28)58-22-25-12-15-52-54(25)23-43(46,47)48/h6-12,15,21,24,38,49H,4-5,13-14,16-20,22-23H2,1-3H3. The van der Waals surface area contributed by atoms with E-state index in [1.165, 1.54) is 36.0 Å². The van der Waals surface area contributed by atoms with Gasteiger partial charge in [-0.2, -0.15) is 22.7 Å². The molecule has 8 rings (SSSR count). The number of rotatable bonds is 19. The number of furan rings is 1. The predicted octanol–water partition coefficient (Wildman–Crippen LogP) is 9.23. The van der Waals surface area contributed by atoms with Crippen LogP contribution in [0.3, 0.4) is 0 Å². The second-order valence-electron chi connectivity index (χ2n) is 14.9. The van der Waals surface area contributed by atoms with Gasteiger partial charge in [0.1, 0.15) is 42.4 Å². The number of ether oxygens (including phenoxy) is 4. The van der Waals surface area contributed by atoms with Gasteiger partial charge in [0.25, 0.3) is 6.01 Å². The van der Waals surface area contributed by atoms with Crippen LogP contribution in [0.2, 0.25) is 5.02 Å². The number of likely N-dealkylation sites (N-methyl/N-ethyl adjacent to an activating group) is 1. The number of nitrogens with zero attached hydrogens (tertiary/aromatic N) is 5. The lowest BCUT2D eigenvalue weighted by molar-refractivity contribution is -0.153. The van der Waals surface area contributed by atoms with E-state index in [9.17, 15) is 18.0 Å². The zero-order valence-corrected chi connectivity index (χ0v) is 35.2. The van der Waals surface area contributed by atoms with Gasteiger partial charge in [0.2, 0.25) is 12.0 Å². The molecule has 4 heterocycles. The van der Waals surface area contributed by atoms with Crippen LogP contribution < -0.4 is 19.5 Å². The fourth-order valence-corrected chi connectivity index (χ4v) is 9.33. The molecule has 0 radical (unpaired) electrons. The summed E-state index contributed by atoms with van der Waals surface area (Å²) in [4.78, 5) is 25.9. The molecule has 1 aliphatic carbocycles. The smallest absolute Gasteiger partial charge is 0.408 e. The molecule has 7 aromatic rings. The Bertz CT molecular complexity index is 2700. The fourth-order valence-electron chi connectivity index (χ4n) is 7.86. The number of benzene rings is 3. The Hall–Kier alpha value is -5.23. The maximum atomic E-state index is 15.0. The summed E-state index contributed by atoms with van der Waals surface area (Å²) in [7, 11) is 2.08. The second-order valence-corrected chi connectivity index (χ2v) is 16.3. The molecule has 1 atom stereocenters. The van der Waals surface area contributed by atoms with Crippen molar-refractivity contribution in [2.24, 2.45) is 0 Å². The number of hydrogen-bond acceptors (Lipinski definition) is 12. The van der Waals surface area contributed by atoms with Crippen LogP contribution in [0, 0.1) is 6.01 Å². The number of nitrogens with one attached hydrogen (secondary N) is 1. The summed E-state index contributed by atoms with van der Waals surface area (Å²) in [5.74, 6) is 0.215. The lowest BCUT2D eigenvalue weighted by Crippen LogP contribution is -2.41. The molecule has 1 aliphatic rings. The molecule has 1 N–H and O–H groups in total. The van der Waals surface area contributed by atoms with E-state index in [2.05, 4.69) is 39.3 Å². The first-order chi connectivity index (χ1) is 29.4. The summed E-state index contributed by atoms with van der Waals surface area (Å²) in [6, 6.07) is 12.6. The Labute approximate surface area is 356 Å². The van der Waals surface area contributed by atoms with Gasteiger partial charge in [0.15, 0.2) is 5.58 Å². The lowest BCUT2D eigenvalue weighted by Gasteiger charge is -2.28. The highest BCUT2D eigenvalue weighted by Crippen LogP contribution is 2.56. The lowest BCUT2D eigenvalue weighted by atomic mass is 9.88. The molecule has 0 aliphatic heterocycles. The van der Waals surface area contributed by atoms with Crippen LogP contribution in [0.25, 0.3) is 42.0 Å². The van der Waals surface area contributed by atoms with Crippen LogP contribution in [-0.4, -0.2) is 89.3 Å². The normalized spacial score (nSPS) is 14.4. The molecule has 3 aromatic carbocycles. The maximum Gasteiger partial charge on any atom is 0.408 e. The van der Waals surface area contributed by atoms with Gasteiger partial charge in [-0.05, 0) is 69.4 Å². The number of carbonyl (C=O) groups excluding carboxylic acids is 1. The number of aromatic nitrogens is 4. The van der Waals surface area contributed by atoms with Crippen LogP contribution in [0.4, 0.5) is 17.6 Å². The monoisotopic (exact) mass is 882 g/mol. The van der Waals surface area contributed by atoms with Gasteiger partial charge in [-0.3, -0.25) is 4.68 Å².